The standard InChI is InChI=1S/C79H146O17P2/c1-5-9-13-17-21-25-29-33-36-40-44-48-52-56-60-64-77(82)90-70-75(96-79(84)66-62-58-54-50-46-42-38-35-31-27-23-19-15-11-7-3)72-94-98(87,88)92-68-73(80)67-91-97(85,86)93-71-74(69-89-76(81)63-59-55-51-47-43-39-32-28-24-20-16-12-8-4)95-78(83)65-61-57-53-49-45-41-37-34-30-26-22-18-14-10-6-2/h23,27,33-38,73-75,80H,5-22,24-26,28-32,39-72H2,1-4H3,(H,85,86)(H,87,88)/b27-23-,36-33-,37-34-,38-35-/t73-,74+,75+/m0/s1. The van der Waals surface area contributed by atoms with E-state index in [1.807, 2.05) is 0 Å². The Morgan fingerprint density at radius 2 is 0.500 bits per heavy atom. The third-order valence-corrected chi connectivity index (χ3v) is 19.2. The number of rotatable bonds is 76. The van der Waals surface area contributed by atoms with Gasteiger partial charge in [-0.25, -0.2) is 9.13 Å². The van der Waals surface area contributed by atoms with Crippen LogP contribution in [0.3, 0.4) is 0 Å². The summed E-state index contributed by atoms with van der Waals surface area (Å²) < 4.78 is 68.6. The number of hydrogen-bond donors (Lipinski definition) is 3. The Kier molecular flexibility index (Phi) is 70.2. The number of esters is 4. The molecule has 0 saturated carbocycles. The number of unbranched alkanes of at least 4 members (excludes halogenated alkanes) is 42. The highest BCUT2D eigenvalue weighted by Crippen LogP contribution is 2.45. The fraction of sp³-hybridized carbons (Fsp3) is 0.848. The molecule has 0 aromatic rings. The Bertz CT molecular complexity index is 2050. The molecule has 0 aromatic heterocycles. The lowest BCUT2D eigenvalue weighted by Crippen LogP contribution is -2.30. The molecule has 0 rings (SSSR count). The molecular formula is C79H146O17P2. The van der Waals surface area contributed by atoms with Crippen molar-refractivity contribution in [2.45, 2.75) is 393 Å². The van der Waals surface area contributed by atoms with Crippen LogP contribution < -0.4 is 0 Å². The molecule has 0 heterocycles. The van der Waals surface area contributed by atoms with E-state index in [4.69, 9.17) is 37.0 Å². The zero-order valence-electron chi connectivity index (χ0n) is 62.7. The largest absolute Gasteiger partial charge is 0.472 e. The molecule has 17 nitrogen and oxygen atoms in total. The van der Waals surface area contributed by atoms with Crippen molar-refractivity contribution in [1.82, 2.24) is 0 Å². The van der Waals surface area contributed by atoms with Crippen LogP contribution in [0.5, 0.6) is 0 Å². The maximum absolute atomic E-state index is 13.1. The Morgan fingerprint density at radius 3 is 0.786 bits per heavy atom. The molecule has 0 radical (unpaired) electrons. The van der Waals surface area contributed by atoms with E-state index in [9.17, 15) is 43.2 Å². The van der Waals surface area contributed by atoms with Gasteiger partial charge in [-0.2, -0.15) is 0 Å². The molecule has 0 spiro atoms. The number of hydrogen-bond acceptors (Lipinski definition) is 15. The molecule has 0 bridgehead atoms. The maximum Gasteiger partial charge on any atom is 0.472 e. The van der Waals surface area contributed by atoms with Gasteiger partial charge in [0.2, 0.25) is 0 Å². The zero-order chi connectivity index (χ0) is 71.8. The second-order valence-electron chi connectivity index (χ2n) is 27.0. The van der Waals surface area contributed by atoms with Crippen molar-refractivity contribution in [3.8, 4) is 0 Å². The first-order chi connectivity index (χ1) is 47.7. The van der Waals surface area contributed by atoms with Gasteiger partial charge in [0.15, 0.2) is 12.2 Å². The molecule has 0 amide bonds. The summed E-state index contributed by atoms with van der Waals surface area (Å²) in [6, 6.07) is 0. The van der Waals surface area contributed by atoms with Crippen LogP contribution in [0.2, 0.25) is 0 Å². The third-order valence-electron chi connectivity index (χ3n) is 17.3. The van der Waals surface area contributed by atoms with Crippen molar-refractivity contribution in [2.75, 3.05) is 39.6 Å². The minimum absolute atomic E-state index is 0.0821. The predicted octanol–water partition coefficient (Wildman–Crippen LogP) is 22.9. The highest BCUT2D eigenvalue weighted by molar-refractivity contribution is 7.47. The van der Waals surface area contributed by atoms with Crippen molar-refractivity contribution in [3.05, 3.63) is 48.6 Å². The van der Waals surface area contributed by atoms with Crippen molar-refractivity contribution >= 4 is 39.5 Å². The minimum Gasteiger partial charge on any atom is -0.462 e. The molecule has 3 N–H and O–H groups in total. The van der Waals surface area contributed by atoms with E-state index >= 15 is 0 Å². The van der Waals surface area contributed by atoms with Crippen molar-refractivity contribution in [1.29, 1.82) is 0 Å². The SMILES string of the molecule is CCCCC/C=C\C/C=C\CCCCCCCC(=O)O[C@H](COC(=O)CCCCCCC/C=C\CCCCCCCC)COP(=O)(O)OC[C@@H](O)COP(=O)(O)OC[C@@H](COC(=O)CCCCCCCCCCCCCCC)OC(=O)CCCCCCC/C=C\CCCCCCCC. The van der Waals surface area contributed by atoms with Gasteiger partial charge in [0.05, 0.1) is 26.4 Å². The fourth-order valence-electron chi connectivity index (χ4n) is 11.1. The lowest BCUT2D eigenvalue weighted by atomic mass is 10.0. The Morgan fingerprint density at radius 1 is 0.286 bits per heavy atom. The average Bonchev–Trinajstić information content (AvgIpc) is 1.04. The van der Waals surface area contributed by atoms with E-state index in [1.165, 1.54) is 154 Å². The average molecular weight is 1430 g/mol. The number of aliphatic hydroxyl groups excluding tert-OH is 1. The number of ether oxygens (including phenoxy) is 4. The maximum atomic E-state index is 13.1. The number of aliphatic hydroxyl groups is 1. The first kappa shape index (κ1) is 95.0. The summed E-state index contributed by atoms with van der Waals surface area (Å²) in [5.74, 6) is -2.17. The van der Waals surface area contributed by atoms with Gasteiger partial charge in [-0.05, 0) is 109 Å². The van der Waals surface area contributed by atoms with E-state index in [2.05, 4.69) is 76.3 Å². The molecule has 19 heteroatoms. The van der Waals surface area contributed by atoms with Crippen molar-refractivity contribution < 1.29 is 80.2 Å². The second kappa shape index (κ2) is 72.4. The lowest BCUT2D eigenvalue weighted by molar-refractivity contribution is -0.161. The van der Waals surface area contributed by atoms with E-state index in [-0.39, 0.29) is 25.7 Å². The number of phosphoric ester groups is 2. The van der Waals surface area contributed by atoms with E-state index in [0.29, 0.717) is 25.7 Å². The third kappa shape index (κ3) is 71.4. The second-order valence-corrected chi connectivity index (χ2v) is 29.9. The fourth-order valence-corrected chi connectivity index (χ4v) is 12.7. The first-order valence-electron chi connectivity index (χ1n) is 39.9. The predicted molar refractivity (Wildman–Crippen MR) is 400 cm³/mol. The summed E-state index contributed by atoms with van der Waals surface area (Å²) in [5, 5.41) is 10.6. The van der Waals surface area contributed by atoms with Crippen molar-refractivity contribution in [3.63, 3.8) is 0 Å². The van der Waals surface area contributed by atoms with Crippen LogP contribution in [-0.2, 0) is 65.4 Å². The van der Waals surface area contributed by atoms with Gasteiger partial charge < -0.3 is 33.8 Å². The summed E-state index contributed by atoms with van der Waals surface area (Å²) in [7, 11) is -9.94. The summed E-state index contributed by atoms with van der Waals surface area (Å²) in [5.41, 5.74) is 0. The van der Waals surface area contributed by atoms with Gasteiger partial charge in [-0.15, -0.1) is 0 Å². The molecule has 5 atom stereocenters. The Labute approximate surface area is 597 Å². The molecule has 2 unspecified atom stereocenters. The molecule has 0 aliphatic carbocycles. The Hall–Kier alpha value is -2.98. The van der Waals surface area contributed by atoms with Crippen LogP contribution in [0, 0.1) is 0 Å². The summed E-state index contributed by atoms with van der Waals surface area (Å²) in [6.07, 6.45) is 69.4. The molecule has 0 fully saturated rings. The van der Waals surface area contributed by atoms with Gasteiger partial charge >= 0.3 is 39.5 Å². The van der Waals surface area contributed by atoms with Crippen LogP contribution in [-0.4, -0.2) is 96.7 Å². The molecule has 98 heavy (non-hydrogen) atoms. The lowest BCUT2D eigenvalue weighted by Gasteiger charge is -2.21. The van der Waals surface area contributed by atoms with Crippen LogP contribution in [0.1, 0.15) is 374 Å². The molecular weight excluding hydrogens is 1280 g/mol. The van der Waals surface area contributed by atoms with E-state index in [0.717, 1.165) is 141 Å². The number of allylic oxidation sites excluding steroid dienone is 8. The Balaban J connectivity index is 5.34. The highest BCUT2D eigenvalue weighted by atomic mass is 31.2. The number of carbonyl (C=O) groups excluding carboxylic acids is 4. The summed E-state index contributed by atoms with van der Waals surface area (Å²) >= 11 is 0. The van der Waals surface area contributed by atoms with Crippen LogP contribution in [0.15, 0.2) is 48.6 Å². The monoisotopic (exact) mass is 1430 g/mol. The van der Waals surface area contributed by atoms with Crippen LogP contribution in [0.4, 0.5) is 0 Å². The van der Waals surface area contributed by atoms with Gasteiger partial charge in [0.25, 0.3) is 0 Å². The van der Waals surface area contributed by atoms with E-state index in [1.54, 1.807) is 0 Å². The molecule has 574 valence electrons. The minimum atomic E-state index is -4.97. The molecule has 0 aromatic carbocycles. The van der Waals surface area contributed by atoms with Gasteiger partial charge in [0, 0.05) is 25.7 Å². The molecule has 0 aliphatic rings. The first-order valence-corrected chi connectivity index (χ1v) is 42.9. The summed E-state index contributed by atoms with van der Waals surface area (Å²) in [6.45, 7) is 4.88. The van der Waals surface area contributed by atoms with Crippen LogP contribution >= 0.6 is 15.6 Å². The van der Waals surface area contributed by atoms with Gasteiger partial charge in [0.1, 0.15) is 19.3 Å². The molecule has 0 aliphatic heterocycles. The topological polar surface area (TPSA) is 237 Å². The van der Waals surface area contributed by atoms with Gasteiger partial charge in [-0.1, -0.05) is 288 Å². The number of carbonyl (C=O) groups is 4. The van der Waals surface area contributed by atoms with Crippen LogP contribution in [0.25, 0.3) is 0 Å². The highest BCUT2D eigenvalue weighted by Gasteiger charge is 2.30. The van der Waals surface area contributed by atoms with E-state index < -0.39 is 97.5 Å². The smallest absolute Gasteiger partial charge is 0.462 e. The summed E-state index contributed by atoms with van der Waals surface area (Å²) in [4.78, 5) is 72.9. The van der Waals surface area contributed by atoms with Gasteiger partial charge in [-0.3, -0.25) is 37.3 Å². The quantitative estimate of drug-likeness (QED) is 0.0169. The molecule has 0 saturated heterocycles. The van der Waals surface area contributed by atoms with Crippen molar-refractivity contribution in [2.24, 2.45) is 0 Å². The zero-order valence-corrected chi connectivity index (χ0v) is 64.5. The normalized spacial score (nSPS) is 14.2. The number of phosphoric acid groups is 2.